The van der Waals surface area contributed by atoms with E-state index in [1.165, 1.54) is 9.80 Å². The van der Waals surface area contributed by atoms with Crippen molar-refractivity contribution in [2.45, 2.75) is 121 Å². The average molecular weight is 535 g/mol. The standard InChI is InChI=1S/C31H42N4O4/c1-2-3-7-20-27(36)35-26(22-14-8-4-9-15-22)21-25(32-35)28-29(37)33(23-16-10-5-11-17-23)31(39)34(30(28)38)24-18-12-6-13-19-24/h4,8-9,14-15,23-24,26,32H,2-3,5-7,10-13,16-21H2,1H3. The molecule has 1 unspecified atom stereocenters. The van der Waals surface area contributed by atoms with Crippen LogP contribution in [-0.2, 0) is 14.4 Å². The van der Waals surface area contributed by atoms with Crippen LogP contribution < -0.4 is 5.43 Å². The lowest BCUT2D eigenvalue weighted by atomic mass is 9.90. The van der Waals surface area contributed by atoms with Crippen LogP contribution in [0.25, 0.3) is 0 Å². The molecule has 4 aliphatic rings. The highest BCUT2D eigenvalue weighted by molar-refractivity contribution is 6.29. The maximum atomic E-state index is 14.0. The molecule has 0 aromatic heterocycles. The highest BCUT2D eigenvalue weighted by Crippen LogP contribution is 2.38. The van der Waals surface area contributed by atoms with Gasteiger partial charge in [0.15, 0.2) is 0 Å². The molecule has 0 bridgehead atoms. The summed E-state index contributed by atoms with van der Waals surface area (Å²) in [6, 6.07) is 8.61. The zero-order valence-electron chi connectivity index (χ0n) is 23.2. The van der Waals surface area contributed by atoms with E-state index in [4.69, 9.17) is 0 Å². The Bertz CT molecular complexity index is 1060. The SMILES string of the molecule is CCCCCC(=O)N1NC(=C2C(=O)N(C3CCCCC3)C(=O)N(C3CCCCC3)C2=O)CC1c1ccccc1. The second-order valence-corrected chi connectivity index (χ2v) is 11.5. The van der Waals surface area contributed by atoms with Crippen LogP contribution in [0.15, 0.2) is 41.6 Å². The van der Waals surface area contributed by atoms with Crippen molar-refractivity contribution in [3.8, 4) is 0 Å². The monoisotopic (exact) mass is 534 g/mol. The third kappa shape index (κ3) is 5.61. The summed E-state index contributed by atoms with van der Waals surface area (Å²) in [6.45, 7) is 2.10. The van der Waals surface area contributed by atoms with Gasteiger partial charge in [0.2, 0.25) is 5.91 Å². The fourth-order valence-electron chi connectivity index (χ4n) is 6.74. The summed E-state index contributed by atoms with van der Waals surface area (Å²) in [6.07, 6.45) is 12.7. The number of nitrogens with one attached hydrogen (secondary N) is 1. The number of rotatable bonds is 7. The number of urea groups is 1. The predicted octanol–water partition coefficient (Wildman–Crippen LogP) is 5.76. The highest BCUT2D eigenvalue weighted by atomic mass is 16.2. The first-order chi connectivity index (χ1) is 19.0. The summed E-state index contributed by atoms with van der Waals surface area (Å²) in [5, 5.41) is 1.61. The van der Waals surface area contributed by atoms with Gasteiger partial charge in [-0.15, -0.1) is 0 Å². The average Bonchev–Trinajstić information content (AvgIpc) is 3.40. The van der Waals surface area contributed by atoms with Gasteiger partial charge in [0.1, 0.15) is 5.57 Å². The maximum Gasteiger partial charge on any atom is 0.334 e. The number of amides is 5. The molecule has 2 saturated heterocycles. The molecule has 2 heterocycles. The van der Waals surface area contributed by atoms with E-state index in [1.807, 2.05) is 30.3 Å². The van der Waals surface area contributed by atoms with Crippen LogP contribution in [0.5, 0.6) is 0 Å². The number of unbranched alkanes of at least 4 members (excludes halogenated alkanes) is 2. The molecule has 1 aromatic rings. The molecular weight excluding hydrogens is 492 g/mol. The number of imide groups is 2. The van der Waals surface area contributed by atoms with E-state index in [1.54, 1.807) is 5.01 Å². The number of carbonyl (C=O) groups excluding carboxylic acids is 4. The topological polar surface area (TPSA) is 90.0 Å². The van der Waals surface area contributed by atoms with E-state index in [0.29, 0.717) is 18.5 Å². The van der Waals surface area contributed by atoms with Crippen molar-refractivity contribution in [3.63, 3.8) is 0 Å². The van der Waals surface area contributed by atoms with E-state index in [0.717, 1.165) is 89.0 Å². The molecule has 8 heteroatoms. The van der Waals surface area contributed by atoms with Gasteiger partial charge in [-0.05, 0) is 37.7 Å². The van der Waals surface area contributed by atoms with Gasteiger partial charge < -0.3 is 0 Å². The second-order valence-electron chi connectivity index (χ2n) is 11.5. The van der Waals surface area contributed by atoms with Gasteiger partial charge in [-0.2, -0.15) is 0 Å². The highest BCUT2D eigenvalue weighted by Gasteiger charge is 2.50. The number of hydrogen-bond donors (Lipinski definition) is 1. The first-order valence-corrected chi connectivity index (χ1v) is 15.1. The largest absolute Gasteiger partial charge is 0.334 e. The van der Waals surface area contributed by atoms with Gasteiger partial charge in [-0.25, -0.2) is 9.80 Å². The lowest BCUT2D eigenvalue weighted by Gasteiger charge is -2.43. The quantitative estimate of drug-likeness (QED) is 0.273. The predicted molar refractivity (Wildman–Crippen MR) is 148 cm³/mol. The Hall–Kier alpha value is -3.16. The van der Waals surface area contributed by atoms with Crippen LogP contribution in [-0.4, -0.2) is 50.6 Å². The molecule has 5 amide bonds. The van der Waals surface area contributed by atoms with E-state index in [9.17, 15) is 19.2 Å². The molecule has 210 valence electrons. The van der Waals surface area contributed by atoms with Crippen LogP contribution in [0.1, 0.15) is 115 Å². The third-order valence-corrected chi connectivity index (χ3v) is 8.87. The fraction of sp³-hybridized carbons (Fsp3) is 0.613. The number of barbiturate groups is 1. The van der Waals surface area contributed by atoms with E-state index >= 15 is 0 Å². The molecule has 0 radical (unpaired) electrons. The van der Waals surface area contributed by atoms with Crippen LogP contribution >= 0.6 is 0 Å². The van der Waals surface area contributed by atoms with E-state index in [-0.39, 0.29) is 29.6 Å². The summed E-state index contributed by atoms with van der Waals surface area (Å²) in [7, 11) is 0. The van der Waals surface area contributed by atoms with Crippen molar-refractivity contribution in [2.75, 3.05) is 0 Å². The van der Waals surface area contributed by atoms with E-state index in [2.05, 4.69) is 12.3 Å². The number of carbonyl (C=O) groups is 4. The summed E-state index contributed by atoms with van der Waals surface area (Å²) in [5.74, 6) is -1.05. The Balaban J connectivity index is 1.53. The molecule has 8 nitrogen and oxygen atoms in total. The van der Waals surface area contributed by atoms with Gasteiger partial charge in [0.25, 0.3) is 11.8 Å². The van der Waals surface area contributed by atoms with Gasteiger partial charge in [-0.3, -0.25) is 29.6 Å². The number of hydrazine groups is 1. The van der Waals surface area contributed by atoms with Crippen molar-refractivity contribution in [1.82, 2.24) is 20.2 Å². The van der Waals surface area contributed by atoms with Crippen LogP contribution in [0.3, 0.4) is 0 Å². The first-order valence-electron chi connectivity index (χ1n) is 15.1. The number of nitrogens with zero attached hydrogens (tertiary/aromatic N) is 3. The van der Waals surface area contributed by atoms with Crippen molar-refractivity contribution in [3.05, 3.63) is 47.2 Å². The summed E-state index contributed by atoms with van der Waals surface area (Å²) in [5.41, 5.74) is 4.66. The Labute approximate surface area is 231 Å². The Morgan fingerprint density at radius 2 is 1.38 bits per heavy atom. The molecular formula is C31H42N4O4. The molecule has 5 rings (SSSR count). The number of benzene rings is 1. The van der Waals surface area contributed by atoms with Crippen molar-refractivity contribution >= 4 is 23.8 Å². The minimum absolute atomic E-state index is 0.0375. The van der Waals surface area contributed by atoms with Gasteiger partial charge in [-0.1, -0.05) is 88.6 Å². The number of hydrogen-bond acceptors (Lipinski definition) is 5. The second kappa shape index (κ2) is 12.3. The molecule has 4 fully saturated rings. The van der Waals surface area contributed by atoms with Crippen molar-refractivity contribution in [1.29, 1.82) is 0 Å². The minimum Gasteiger partial charge on any atom is -0.298 e. The molecule has 1 N–H and O–H groups in total. The zero-order chi connectivity index (χ0) is 27.4. The first kappa shape index (κ1) is 27.4. The normalized spacial score (nSPS) is 23.6. The lowest BCUT2D eigenvalue weighted by Crippen LogP contribution is -2.62. The fourth-order valence-corrected chi connectivity index (χ4v) is 6.74. The van der Waals surface area contributed by atoms with Gasteiger partial charge in [0.05, 0.1) is 11.7 Å². The smallest absolute Gasteiger partial charge is 0.298 e. The van der Waals surface area contributed by atoms with Crippen LogP contribution in [0.4, 0.5) is 4.79 Å². The van der Waals surface area contributed by atoms with Crippen molar-refractivity contribution < 1.29 is 19.2 Å². The molecule has 1 atom stereocenters. The van der Waals surface area contributed by atoms with E-state index < -0.39 is 17.8 Å². The minimum atomic E-state index is -0.501. The summed E-state index contributed by atoms with van der Waals surface area (Å²) < 4.78 is 0. The maximum absolute atomic E-state index is 14.0. The van der Waals surface area contributed by atoms with Crippen LogP contribution in [0.2, 0.25) is 0 Å². The molecule has 2 saturated carbocycles. The van der Waals surface area contributed by atoms with Crippen molar-refractivity contribution in [2.24, 2.45) is 0 Å². The van der Waals surface area contributed by atoms with Crippen LogP contribution in [0, 0.1) is 0 Å². The van der Waals surface area contributed by atoms with Gasteiger partial charge >= 0.3 is 6.03 Å². The third-order valence-electron chi connectivity index (χ3n) is 8.87. The molecule has 39 heavy (non-hydrogen) atoms. The molecule has 2 aliphatic carbocycles. The summed E-state index contributed by atoms with van der Waals surface area (Å²) >= 11 is 0. The molecule has 1 aromatic carbocycles. The molecule has 0 spiro atoms. The Morgan fingerprint density at radius 1 is 0.821 bits per heavy atom. The summed E-state index contributed by atoms with van der Waals surface area (Å²) in [4.78, 5) is 58.1. The Kier molecular flexibility index (Phi) is 8.68. The van der Waals surface area contributed by atoms with Gasteiger partial charge in [0, 0.05) is 24.9 Å². The zero-order valence-corrected chi connectivity index (χ0v) is 23.2. The Morgan fingerprint density at radius 3 is 1.92 bits per heavy atom. The lowest BCUT2D eigenvalue weighted by molar-refractivity contribution is -0.140. The molecule has 2 aliphatic heterocycles.